The maximum absolute atomic E-state index is 12.1. The summed E-state index contributed by atoms with van der Waals surface area (Å²) in [5.41, 5.74) is 3.76. The van der Waals surface area contributed by atoms with Gasteiger partial charge < -0.3 is 19.0 Å². The highest BCUT2D eigenvalue weighted by atomic mass is 35.5. The van der Waals surface area contributed by atoms with Crippen LogP contribution in [0.4, 0.5) is 0 Å². The largest absolute Gasteiger partial charge is 0.486 e. The fourth-order valence-corrected chi connectivity index (χ4v) is 3.21. The lowest BCUT2D eigenvalue weighted by atomic mass is 10.1. The second kappa shape index (κ2) is 8.93. The van der Waals surface area contributed by atoms with E-state index in [4.69, 9.17) is 25.5 Å². The molecule has 31 heavy (non-hydrogen) atoms. The first-order chi connectivity index (χ1) is 15.0. The molecule has 0 bridgehead atoms. The third kappa shape index (κ3) is 4.87. The quantitative estimate of drug-likeness (QED) is 0.446. The molecule has 158 valence electrons. The van der Waals surface area contributed by atoms with Crippen LogP contribution >= 0.6 is 11.6 Å². The van der Waals surface area contributed by atoms with E-state index in [0.29, 0.717) is 41.8 Å². The molecule has 0 unspecified atom stereocenters. The first-order valence-electron chi connectivity index (χ1n) is 9.33. The van der Waals surface area contributed by atoms with Crippen LogP contribution in [0.5, 0.6) is 11.5 Å². The third-order valence-electron chi connectivity index (χ3n) is 4.46. The summed E-state index contributed by atoms with van der Waals surface area (Å²) in [5, 5.41) is 13.2. The molecule has 0 spiro atoms. The minimum absolute atomic E-state index is 0.0165. The number of aromatic carboxylic acids is 1. The molecule has 3 aromatic rings. The van der Waals surface area contributed by atoms with Gasteiger partial charge in [-0.25, -0.2) is 10.2 Å². The zero-order chi connectivity index (χ0) is 21.8. The van der Waals surface area contributed by atoms with Crippen LogP contribution in [-0.4, -0.2) is 36.4 Å². The fraction of sp³-hybridized carbons (Fsp3) is 0.136. The molecule has 0 saturated heterocycles. The van der Waals surface area contributed by atoms with E-state index in [0.717, 1.165) is 5.56 Å². The van der Waals surface area contributed by atoms with Crippen LogP contribution in [0.2, 0.25) is 5.02 Å². The standard InChI is InChI=1S/C22H17ClN2O6/c23-17-4-2-14(11-16(17)22(27)28)18-6-3-15(31-18)12-24-25-21(26)10-13-1-5-19-20(9-13)30-8-7-29-19/h1-6,9,11-12H,7-8,10H2,(H,25,26)(H,27,28). The molecule has 1 amide bonds. The summed E-state index contributed by atoms with van der Waals surface area (Å²) in [4.78, 5) is 23.4. The van der Waals surface area contributed by atoms with Gasteiger partial charge in [-0.1, -0.05) is 17.7 Å². The van der Waals surface area contributed by atoms with Crippen molar-refractivity contribution < 1.29 is 28.6 Å². The van der Waals surface area contributed by atoms with Crippen molar-refractivity contribution in [3.63, 3.8) is 0 Å². The van der Waals surface area contributed by atoms with E-state index >= 15 is 0 Å². The normalized spacial score (nSPS) is 12.7. The van der Waals surface area contributed by atoms with Gasteiger partial charge in [0.25, 0.3) is 0 Å². The molecule has 1 aliphatic heterocycles. The Morgan fingerprint density at radius 2 is 1.87 bits per heavy atom. The molecule has 0 radical (unpaired) electrons. The number of carboxylic acid groups (broad SMARTS) is 1. The van der Waals surface area contributed by atoms with Gasteiger partial charge in [-0.3, -0.25) is 4.79 Å². The number of hydrogen-bond acceptors (Lipinski definition) is 6. The van der Waals surface area contributed by atoms with Crippen LogP contribution in [0, 0.1) is 0 Å². The predicted molar refractivity (Wildman–Crippen MR) is 113 cm³/mol. The predicted octanol–water partition coefficient (Wildman–Crippen LogP) is 3.76. The van der Waals surface area contributed by atoms with E-state index in [9.17, 15) is 14.7 Å². The molecule has 8 nitrogen and oxygen atoms in total. The average Bonchev–Trinajstić information content (AvgIpc) is 3.22. The van der Waals surface area contributed by atoms with E-state index in [1.54, 1.807) is 36.4 Å². The number of rotatable bonds is 6. The molecule has 9 heteroatoms. The molecule has 4 rings (SSSR count). The number of carboxylic acids is 1. The van der Waals surface area contributed by atoms with E-state index in [1.807, 2.05) is 0 Å². The van der Waals surface area contributed by atoms with E-state index in [2.05, 4.69) is 10.5 Å². The summed E-state index contributed by atoms with van der Waals surface area (Å²) < 4.78 is 16.6. The monoisotopic (exact) mass is 440 g/mol. The van der Waals surface area contributed by atoms with Crippen LogP contribution in [-0.2, 0) is 11.2 Å². The lowest BCUT2D eigenvalue weighted by Gasteiger charge is -2.18. The van der Waals surface area contributed by atoms with Crippen molar-refractivity contribution in [3.8, 4) is 22.8 Å². The molecular weight excluding hydrogens is 424 g/mol. The summed E-state index contributed by atoms with van der Waals surface area (Å²) >= 11 is 5.89. The van der Waals surface area contributed by atoms with Crippen molar-refractivity contribution in [1.29, 1.82) is 0 Å². The number of amides is 1. The number of ether oxygens (including phenoxy) is 2. The van der Waals surface area contributed by atoms with Crippen molar-refractivity contribution in [2.45, 2.75) is 6.42 Å². The zero-order valence-corrected chi connectivity index (χ0v) is 16.9. The van der Waals surface area contributed by atoms with Gasteiger partial charge in [0.2, 0.25) is 5.91 Å². The van der Waals surface area contributed by atoms with Gasteiger partial charge in [-0.2, -0.15) is 5.10 Å². The van der Waals surface area contributed by atoms with Crippen LogP contribution in [0.25, 0.3) is 11.3 Å². The fourth-order valence-electron chi connectivity index (χ4n) is 3.01. The smallest absolute Gasteiger partial charge is 0.337 e. The minimum atomic E-state index is -1.12. The Balaban J connectivity index is 1.37. The number of hydrazone groups is 1. The molecule has 2 aromatic carbocycles. The van der Waals surface area contributed by atoms with Gasteiger partial charge >= 0.3 is 5.97 Å². The number of benzene rings is 2. The number of fused-ring (bicyclic) bond motifs is 1. The number of carbonyl (C=O) groups excluding carboxylic acids is 1. The molecule has 2 heterocycles. The minimum Gasteiger partial charge on any atom is -0.486 e. The summed E-state index contributed by atoms with van der Waals surface area (Å²) in [6, 6.07) is 13.3. The maximum Gasteiger partial charge on any atom is 0.337 e. The highest BCUT2D eigenvalue weighted by Crippen LogP contribution is 2.31. The number of hydrogen-bond donors (Lipinski definition) is 2. The van der Waals surface area contributed by atoms with Crippen LogP contribution in [0.1, 0.15) is 21.7 Å². The number of nitrogens with zero attached hydrogens (tertiary/aromatic N) is 1. The lowest BCUT2D eigenvalue weighted by molar-refractivity contribution is -0.120. The van der Waals surface area contributed by atoms with Gasteiger partial charge in [-0.15, -0.1) is 0 Å². The van der Waals surface area contributed by atoms with Crippen LogP contribution in [0.3, 0.4) is 0 Å². The molecule has 1 aliphatic rings. The highest BCUT2D eigenvalue weighted by Gasteiger charge is 2.14. The van der Waals surface area contributed by atoms with Gasteiger partial charge in [0, 0.05) is 5.56 Å². The number of halogens is 1. The molecule has 0 atom stereocenters. The van der Waals surface area contributed by atoms with Crippen molar-refractivity contribution >= 4 is 29.7 Å². The third-order valence-corrected chi connectivity index (χ3v) is 4.79. The average molecular weight is 441 g/mol. The Morgan fingerprint density at radius 3 is 2.68 bits per heavy atom. The second-order valence-electron chi connectivity index (χ2n) is 6.65. The zero-order valence-electron chi connectivity index (χ0n) is 16.1. The molecule has 0 aliphatic carbocycles. The van der Waals surface area contributed by atoms with Gasteiger partial charge in [0.15, 0.2) is 11.5 Å². The summed E-state index contributed by atoms with van der Waals surface area (Å²) in [5.74, 6) is 0.698. The van der Waals surface area contributed by atoms with Crippen molar-refractivity contribution in [3.05, 3.63) is 70.4 Å². The molecule has 2 N–H and O–H groups in total. The molecular formula is C22H17ClN2O6. The topological polar surface area (TPSA) is 110 Å². The summed E-state index contributed by atoms with van der Waals surface area (Å²) in [7, 11) is 0. The maximum atomic E-state index is 12.1. The highest BCUT2D eigenvalue weighted by molar-refractivity contribution is 6.33. The first-order valence-corrected chi connectivity index (χ1v) is 9.71. The van der Waals surface area contributed by atoms with Crippen LogP contribution < -0.4 is 14.9 Å². The number of nitrogens with one attached hydrogen (secondary N) is 1. The SMILES string of the molecule is O=C(Cc1ccc2c(c1)OCCO2)NN=Cc1ccc(-c2ccc(Cl)c(C(=O)O)c2)o1. The Kier molecular flexibility index (Phi) is 5.90. The summed E-state index contributed by atoms with van der Waals surface area (Å²) in [6.45, 7) is 0.987. The second-order valence-corrected chi connectivity index (χ2v) is 7.06. The van der Waals surface area contributed by atoms with E-state index in [-0.39, 0.29) is 22.9 Å². The first kappa shape index (κ1) is 20.5. The molecule has 1 aromatic heterocycles. The Labute approximate surface area is 182 Å². The summed E-state index contributed by atoms with van der Waals surface area (Å²) in [6.07, 6.45) is 1.49. The molecule has 0 saturated carbocycles. The van der Waals surface area contributed by atoms with Gasteiger partial charge in [0.05, 0.1) is 23.2 Å². The van der Waals surface area contributed by atoms with Crippen molar-refractivity contribution in [1.82, 2.24) is 5.43 Å². The van der Waals surface area contributed by atoms with Gasteiger partial charge in [0.1, 0.15) is 24.7 Å². The Bertz CT molecular complexity index is 1170. The molecule has 0 fully saturated rings. The van der Waals surface area contributed by atoms with E-state index < -0.39 is 5.97 Å². The number of furan rings is 1. The Morgan fingerprint density at radius 1 is 1.06 bits per heavy atom. The van der Waals surface area contributed by atoms with Gasteiger partial charge in [-0.05, 0) is 48.0 Å². The van der Waals surface area contributed by atoms with E-state index in [1.165, 1.54) is 18.3 Å². The van der Waals surface area contributed by atoms with Crippen molar-refractivity contribution in [2.75, 3.05) is 13.2 Å². The number of carbonyl (C=O) groups is 2. The lowest BCUT2D eigenvalue weighted by Crippen LogP contribution is -2.20. The van der Waals surface area contributed by atoms with Crippen molar-refractivity contribution in [2.24, 2.45) is 5.10 Å². The van der Waals surface area contributed by atoms with Crippen LogP contribution in [0.15, 0.2) is 58.0 Å². The Hall–Kier alpha value is -3.78.